The van der Waals surface area contributed by atoms with Gasteiger partial charge in [0.2, 0.25) is 12.2 Å². The van der Waals surface area contributed by atoms with Crippen LogP contribution in [0.5, 0.6) is 5.88 Å². The van der Waals surface area contributed by atoms with Crippen molar-refractivity contribution in [2.24, 2.45) is 0 Å². The lowest BCUT2D eigenvalue weighted by atomic mass is 9.99. The molecule has 0 spiro atoms. The average molecular weight is 404 g/mol. The van der Waals surface area contributed by atoms with E-state index in [0.717, 1.165) is 28.8 Å². The maximum absolute atomic E-state index is 10.2. The molecule has 8 nitrogen and oxygen atoms in total. The molecular formula is C21H28N2O6. The molecule has 0 bridgehead atoms. The Hall–Kier alpha value is -2.23. The highest BCUT2D eigenvalue weighted by molar-refractivity contribution is 5.50. The summed E-state index contributed by atoms with van der Waals surface area (Å²) in [6, 6.07) is 8.13. The minimum Gasteiger partial charge on any atom is -0.443 e. The van der Waals surface area contributed by atoms with Crippen LogP contribution in [0.25, 0.3) is 6.08 Å². The predicted molar refractivity (Wildman–Crippen MR) is 106 cm³/mol. The number of hydrogen-bond acceptors (Lipinski definition) is 7. The third kappa shape index (κ3) is 4.85. The fourth-order valence-corrected chi connectivity index (χ4v) is 3.22. The minimum atomic E-state index is -1.50. The Bertz CT molecular complexity index is 817. The van der Waals surface area contributed by atoms with Gasteiger partial charge in [-0.15, -0.1) is 5.10 Å². The van der Waals surface area contributed by atoms with Crippen molar-refractivity contribution in [3.05, 3.63) is 52.7 Å². The number of aromatic nitrogens is 2. The van der Waals surface area contributed by atoms with E-state index in [4.69, 9.17) is 9.47 Å². The lowest BCUT2D eigenvalue weighted by molar-refractivity contribution is -0.278. The van der Waals surface area contributed by atoms with Crippen molar-refractivity contribution < 1.29 is 29.9 Å². The highest BCUT2D eigenvalue weighted by Gasteiger charge is 2.45. The topological polar surface area (TPSA) is 128 Å². The number of aliphatic hydroxyl groups excluding tert-OH is 4. The molecule has 1 aliphatic heterocycles. The van der Waals surface area contributed by atoms with Crippen molar-refractivity contribution in [1.29, 1.82) is 0 Å². The van der Waals surface area contributed by atoms with Gasteiger partial charge in [-0.3, -0.25) is 5.10 Å². The van der Waals surface area contributed by atoms with Gasteiger partial charge in [0.15, 0.2) is 0 Å². The van der Waals surface area contributed by atoms with Crippen LogP contribution in [-0.2, 0) is 11.2 Å². The molecule has 1 saturated heterocycles. The van der Waals surface area contributed by atoms with Crippen LogP contribution in [0.2, 0.25) is 0 Å². The number of benzene rings is 1. The monoisotopic (exact) mass is 404 g/mol. The standard InChI is InChI=1S/C21H28N2O6/c1-3-4-5-13-6-8-14(9-7-13)10-15-12(2)22-23-20(15)29-21-19(27)18(26)17(25)16(11-24)28-21/h4-9,16-19,21,24-27H,3,10-11H2,1-2H3,(H,22,23)/t16-,17-,18+,19-,21?/m1/s1. The second kappa shape index (κ2) is 9.51. The third-order valence-corrected chi connectivity index (χ3v) is 5.02. The SMILES string of the molecule is CCC=Cc1ccc(Cc2c(OC3O[C@H](CO)[C@@H](O)[C@H](O)[C@H]3O)n[nH]c2C)cc1. The Labute approximate surface area is 169 Å². The highest BCUT2D eigenvalue weighted by atomic mass is 16.7. The summed E-state index contributed by atoms with van der Waals surface area (Å²) in [4.78, 5) is 0. The number of aryl methyl sites for hydroxylation is 1. The predicted octanol–water partition coefficient (Wildman–Crippen LogP) is 0.911. The Kier molecular flexibility index (Phi) is 7.05. The van der Waals surface area contributed by atoms with Gasteiger partial charge in [0.25, 0.3) is 0 Å². The molecule has 0 amide bonds. The van der Waals surface area contributed by atoms with Crippen LogP contribution in [0.3, 0.4) is 0 Å². The first-order chi connectivity index (χ1) is 13.9. The highest BCUT2D eigenvalue weighted by Crippen LogP contribution is 2.28. The molecular weight excluding hydrogens is 376 g/mol. The van der Waals surface area contributed by atoms with E-state index >= 15 is 0 Å². The minimum absolute atomic E-state index is 0.238. The van der Waals surface area contributed by atoms with Gasteiger partial charge in [-0.05, 0) is 24.5 Å². The average Bonchev–Trinajstić information content (AvgIpc) is 3.07. The molecule has 0 aliphatic carbocycles. The van der Waals surface area contributed by atoms with E-state index < -0.39 is 37.3 Å². The molecule has 1 unspecified atom stereocenters. The number of nitrogens with zero attached hydrogens (tertiary/aromatic N) is 1. The molecule has 0 saturated carbocycles. The Morgan fingerprint density at radius 2 is 1.86 bits per heavy atom. The van der Waals surface area contributed by atoms with E-state index in [1.807, 2.05) is 31.2 Å². The molecule has 2 aromatic rings. The number of rotatable bonds is 7. The number of aliphatic hydroxyl groups is 4. The fourth-order valence-electron chi connectivity index (χ4n) is 3.22. The molecule has 5 atom stereocenters. The molecule has 0 radical (unpaired) electrons. The number of H-pyrrole nitrogens is 1. The molecule has 1 aromatic heterocycles. The number of aromatic amines is 1. The van der Waals surface area contributed by atoms with Gasteiger partial charge in [0.1, 0.15) is 24.4 Å². The van der Waals surface area contributed by atoms with Crippen molar-refractivity contribution in [3.8, 4) is 5.88 Å². The van der Waals surface area contributed by atoms with Gasteiger partial charge < -0.3 is 29.9 Å². The summed E-state index contributed by atoms with van der Waals surface area (Å²) < 4.78 is 11.1. The van der Waals surface area contributed by atoms with Crippen LogP contribution in [-0.4, -0.2) is 67.9 Å². The molecule has 29 heavy (non-hydrogen) atoms. The van der Waals surface area contributed by atoms with Gasteiger partial charge in [-0.2, -0.15) is 0 Å². The summed E-state index contributed by atoms with van der Waals surface area (Å²) in [6.45, 7) is 3.43. The molecule has 1 fully saturated rings. The van der Waals surface area contributed by atoms with Crippen molar-refractivity contribution in [2.45, 2.75) is 57.4 Å². The summed E-state index contributed by atoms with van der Waals surface area (Å²) in [5.41, 5.74) is 3.78. The molecule has 1 aromatic carbocycles. The van der Waals surface area contributed by atoms with Gasteiger partial charge in [-0.1, -0.05) is 43.3 Å². The second-order valence-electron chi connectivity index (χ2n) is 7.18. The third-order valence-electron chi connectivity index (χ3n) is 5.02. The van der Waals surface area contributed by atoms with E-state index in [-0.39, 0.29) is 5.88 Å². The number of ether oxygens (including phenoxy) is 2. The maximum Gasteiger partial charge on any atom is 0.238 e. The Morgan fingerprint density at radius 3 is 2.52 bits per heavy atom. The van der Waals surface area contributed by atoms with Crippen LogP contribution in [0, 0.1) is 6.92 Å². The second-order valence-corrected chi connectivity index (χ2v) is 7.18. The first kappa shape index (κ1) is 21.5. The number of allylic oxidation sites excluding steroid dienone is 1. The van der Waals surface area contributed by atoms with Gasteiger partial charge in [0.05, 0.1) is 6.61 Å². The summed E-state index contributed by atoms with van der Waals surface area (Å²) in [6.07, 6.45) is -1.03. The number of nitrogens with one attached hydrogen (secondary N) is 1. The van der Waals surface area contributed by atoms with E-state index in [1.165, 1.54) is 0 Å². The van der Waals surface area contributed by atoms with Gasteiger partial charge >= 0.3 is 0 Å². The lowest BCUT2D eigenvalue weighted by Gasteiger charge is -2.39. The molecule has 1 aliphatic rings. The molecule has 2 heterocycles. The molecule has 5 N–H and O–H groups in total. The molecule has 8 heteroatoms. The van der Waals surface area contributed by atoms with Crippen LogP contribution in [0.4, 0.5) is 0 Å². The summed E-state index contributed by atoms with van der Waals surface area (Å²) in [5.74, 6) is 0.238. The Balaban J connectivity index is 1.75. The quantitative estimate of drug-likeness (QED) is 0.464. The summed E-state index contributed by atoms with van der Waals surface area (Å²) >= 11 is 0. The van der Waals surface area contributed by atoms with Crippen molar-refractivity contribution >= 4 is 6.08 Å². The Morgan fingerprint density at radius 1 is 1.14 bits per heavy atom. The van der Waals surface area contributed by atoms with E-state index in [1.54, 1.807) is 0 Å². The zero-order chi connectivity index (χ0) is 21.0. The molecule has 158 valence electrons. The van der Waals surface area contributed by atoms with Crippen LogP contribution in [0.1, 0.15) is 35.7 Å². The maximum atomic E-state index is 10.2. The summed E-state index contributed by atoms with van der Waals surface area (Å²) in [7, 11) is 0. The normalized spacial score (nSPS) is 27.4. The van der Waals surface area contributed by atoms with Crippen molar-refractivity contribution in [1.82, 2.24) is 10.2 Å². The largest absolute Gasteiger partial charge is 0.443 e. The lowest BCUT2D eigenvalue weighted by Crippen LogP contribution is -2.60. The fraction of sp³-hybridized carbons (Fsp3) is 0.476. The van der Waals surface area contributed by atoms with E-state index in [0.29, 0.717) is 6.42 Å². The zero-order valence-electron chi connectivity index (χ0n) is 16.5. The van der Waals surface area contributed by atoms with Crippen molar-refractivity contribution in [3.63, 3.8) is 0 Å². The first-order valence-corrected chi connectivity index (χ1v) is 9.71. The van der Waals surface area contributed by atoms with Crippen LogP contribution < -0.4 is 4.74 Å². The first-order valence-electron chi connectivity index (χ1n) is 9.71. The van der Waals surface area contributed by atoms with Crippen LogP contribution >= 0.6 is 0 Å². The summed E-state index contributed by atoms with van der Waals surface area (Å²) in [5, 5.41) is 46.3. The number of hydrogen-bond donors (Lipinski definition) is 5. The zero-order valence-corrected chi connectivity index (χ0v) is 16.5. The molecule has 3 rings (SSSR count). The van der Waals surface area contributed by atoms with Gasteiger partial charge in [0, 0.05) is 17.7 Å². The van der Waals surface area contributed by atoms with Crippen LogP contribution in [0.15, 0.2) is 30.3 Å². The van der Waals surface area contributed by atoms with E-state index in [2.05, 4.69) is 29.3 Å². The van der Waals surface area contributed by atoms with Crippen molar-refractivity contribution in [2.75, 3.05) is 6.61 Å². The smallest absolute Gasteiger partial charge is 0.238 e. The van der Waals surface area contributed by atoms with E-state index in [9.17, 15) is 20.4 Å². The van der Waals surface area contributed by atoms with Gasteiger partial charge in [-0.25, -0.2) is 0 Å².